The molecule has 8 heteroatoms. The van der Waals surface area contributed by atoms with Crippen LogP contribution in [0.5, 0.6) is 5.75 Å². The van der Waals surface area contributed by atoms with Crippen molar-refractivity contribution in [1.29, 1.82) is 0 Å². The Morgan fingerprint density at radius 1 is 1.00 bits per heavy atom. The molecule has 0 unspecified atom stereocenters. The summed E-state index contributed by atoms with van der Waals surface area (Å²) in [5, 5.41) is 10.1. The van der Waals surface area contributed by atoms with Gasteiger partial charge in [-0.3, -0.25) is 19.3 Å². The Morgan fingerprint density at radius 2 is 1.61 bits per heavy atom. The summed E-state index contributed by atoms with van der Waals surface area (Å²) in [6, 6.07) is 8.51. The monoisotopic (exact) mass is 423 g/mol. The van der Waals surface area contributed by atoms with Gasteiger partial charge in [0.1, 0.15) is 17.1 Å². The van der Waals surface area contributed by atoms with E-state index in [1.54, 1.807) is 0 Å². The van der Waals surface area contributed by atoms with Gasteiger partial charge in [-0.1, -0.05) is 12.2 Å². The molecule has 2 aromatic rings. The highest BCUT2D eigenvalue weighted by Gasteiger charge is 2.48. The largest absolute Gasteiger partial charge is 0.507 e. The number of halogens is 1. The number of phenols is 1. The first-order valence-electron chi connectivity index (χ1n) is 9.68. The van der Waals surface area contributed by atoms with Gasteiger partial charge in [0.25, 0.3) is 0 Å². The van der Waals surface area contributed by atoms with Crippen molar-refractivity contribution in [3.8, 4) is 5.75 Å². The maximum atomic E-state index is 13.0. The first kappa shape index (κ1) is 20.5. The SMILES string of the molecule is O=C(COC(=O)c1cc(N2C(=O)[C@H]3CC=CC[C@@H]3C2=O)ccc1O)c1ccc(F)cc1. The minimum atomic E-state index is -0.993. The molecule has 2 aromatic carbocycles. The summed E-state index contributed by atoms with van der Waals surface area (Å²) in [6.07, 6.45) is 4.69. The lowest BCUT2D eigenvalue weighted by atomic mass is 9.85. The number of aromatic hydroxyl groups is 1. The van der Waals surface area contributed by atoms with E-state index in [1.807, 2.05) is 12.2 Å². The predicted molar refractivity (Wildman–Crippen MR) is 107 cm³/mol. The average molecular weight is 423 g/mol. The van der Waals surface area contributed by atoms with Gasteiger partial charge in [0.15, 0.2) is 12.4 Å². The van der Waals surface area contributed by atoms with E-state index >= 15 is 0 Å². The molecule has 0 bridgehead atoms. The van der Waals surface area contributed by atoms with E-state index in [1.165, 1.54) is 30.3 Å². The van der Waals surface area contributed by atoms with Crippen molar-refractivity contribution in [2.24, 2.45) is 11.8 Å². The molecule has 7 nitrogen and oxygen atoms in total. The molecule has 1 fully saturated rings. The highest BCUT2D eigenvalue weighted by atomic mass is 19.1. The Hall–Kier alpha value is -3.81. The number of hydrogen-bond acceptors (Lipinski definition) is 6. The molecule has 1 N–H and O–H groups in total. The van der Waals surface area contributed by atoms with Crippen LogP contribution in [0.4, 0.5) is 10.1 Å². The van der Waals surface area contributed by atoms with Gasteiger partial charge in [0.2, 0.25) is 11.8 Å². The normalized spacial score (nSPS) is 20.0. The van der Waals surface area contributed by atoms with Crippen LogP contribution in [0.3, 0.4) is 0 Å². The maximum absolute atomic E-state index is 13.0. The number of imide groups is 1. The molecular formula is C23H18FNO6. The number of rotatable bonds is 5. The zero-order chi connectivity index (χ0) is 22.1. The molecule has 158 valence electrons. The third kappa shape index (κ3) is 3.84. The van der Waals surface area contributed by atoms with Crippen molar-refractivity contribution in [3.63, 3.8) is 0 Å². The number of ether oxygens (including phenoxy) is 1. The fraction of sp³-hybridized carbons (Fsp3) is 0.217. The Bertz CT molecular complexity index is 1080. The highest BCUT2D eigenvalue weighted by Crippen LogP contribution is 2.38. The van der Waals surface area contributed by atoms with Gasteiger partial charge in [0, 0.05) is 5.56 Å². The average Bonchev–Trinajstić information content (AvgIpc) is 3.03. The van der Waals surface area contributed by atoms with E-state index in [9.17, 15) is 28.7 Å². The number of benzene rings is 2. The number of carbonyl (C=O) groups is 4. The number of nitrogens with zero attached hydrogens (tertiary/aromatic N) is 1. The molecule has 1 aliphatic heterocycles. The summed E-state index contributed by atoms with van der Waals surface area (Å²) in [5.41, 5.74) is 0.0358. The van der Waals surface area contributed by atoms with Gasteiger partial charge < -0.3 is 9.84 Å². The van der Waals surface area contributed by atoms with Gasteiger partial charge in [-0.05, 0) is 55.3 Å². The number of phenolic OH excluding ortho intramolecular Hbond substituents is 1. The fourth-order valence-corrected chi connectivity index (χ4v) is 3.81. The number of allylic oxidation sites excluding steroid dienone is 2. The van der Waals surface area contributed by atoms with Crippen LogP contribution in [-0.2, 0) is 14.3 Å². The quantitative estimate of drug-likeness (QED) is 0.343. The third-order valence-corrected chi connectivity index (χ3v) is 5.47. The lowest BCUT2D eigenvalue weighted by Crippen LogP contribution is -2.31. The Morgan fingerprint density at radius 3 is 2.23 bits per heavy atom. The van der Waals surface area contributed by atoms with E-state index < -0.39 is 41.8 Å². The van der Waals surface area contributed by atoms with Gasteiger partial charge in [0.05, 0.1) is 17.5 Å². The second-order valence-electron chi connectivity index (χ2n) is 7.38. The Labute approximate surface area is 176 Å². The van der Waals surface area contributed by atoms with Crippen LogP contribution in [-0.4, -0.2) is 35.3 Å². The number of hydrogen-bond donors (Lipinski definition) is 1. The topological polar surface area (TPSA) is 101 Å². The lowest BCUT2D eigenvalue weighted by molar-refractivity contribution is -0.122. The molecule has 31 heavy (non-hydrogen) atoms. The van der Waals surface area contributed by atoms with Crippen LogP contribution in [0.15, 0.2) is 54.6 Å². The van der Waals surface area contributed by atoms with Gasteiger partial charge in [-0.25, -0.2) is 9.18 Å². The molecule has 1 aliphatic carbocycles. The fourth-order valence-electron chi connectivity index (χ4n) is 3.81. The first-order valence-corrected chi connectivity index (χ1v) is 9.68. The molecule has 1 heterocycles. The zero-order valence-electron chi connectivity index (χ0n) is 16.3. The number of Topliss-reactive ketones (excluding diaryl/α,β-unsaturated/α-hetero) is 1. The number of amides is 2. The minimum absolute atomic E-state index is 0.152. The second-order valence-corrected chi connectivity index (χ2v) is 7.38. The Kier molecular flexibility index (Phi) is 5.37. The van der Waals surface area contributed by atoms with Crippen LogP contribution >= 0.6 is 0 Å². The summed E-state index contributed by atoms with van der Waals surface area (Å²) < 4.78 is 17.9. The molecule has 1 saturated heterocycles. The molecule has 0 radical (unpaired) electrons. The van der Waals surface area contributed by atoms with Crippen molar-refractivity contribution in [3.05, 3.63) is 71.6 Å². The van der Waals surface area contributed by atoms with Crippen LogP contribution in [0, 0.1) is 17.7 Å². The number of anilines is 1. The van der Waals surface area contributed by atoms with Gasteiger partial charge in [-0.2, -0.15) is 0 Å². The summed E-state index contributed by atoms with van der Waals surface area (Å²) in [5.74, 6) is -4.03. The first-order chi connectivity index (χ1) is 14.9. The van der Waals surface area contributed by atoms with Crippen LogP contribution in [0.1, 0.15) is 33.6 Å². The molecule has 4 rings (SSSR count). The number of esters is 1. The molecule has 0 aromatic heterocycles. The van der Waals surface area contributed by atoms with Crippen molar-refractivity contribution in [2.75, 3.05) is 11.5 Å². The van der Waals surface area contributed by atoms with Gasteiger partial charge in [-0.15, -0.1) is 0 Å². The molecule has 2 amide bonds. The zero-order valence-corrected chi connectivity index (χ0v) is 16.3. The van der Waals surface area contributed by atoms with Crippen LogP contribution in [0.25, 0.3) is 0 Å². The third-order valence-electron chi connectivity index (χ3n) is 5.47. The van der Waals surface area contributed by atoms with E-state index in [-0.39, 0.29) is 28.6 Å². The summed E-state index contributed by atoms with van der Waals surface area (Å²) in [6.45, 7) is -0.620. The smallest absolute Gasteiger partial charge is 0.342 e. The number of ketones is 1. The molecular weight excluding hydrogens is 405 g/mol. The maximum Gasteiger partial charge on any atom is 0.342 e. The highest BCUT2D eigenvalue weighted by molar-refractivity contribution is 6.22. The van der Waals surface area contributed by atoms with E-state index in [0.717, 1.165) is 17.0 Å². The summed E-state index contributed by atoms with van der Waals surface area (Å²) >= 11 is 0. The number of carbonyl (C=O) groups excluding carboxylic acids is 4. The van der Waals surface area contributed by atoms with Gasteiger partial charge >= 0.3 is 5.97 Å². The minimum Gasteiger partial charge on any atom is -0.507 e. The van der Waals surface area contributed by atoms with E-state index in [0.29, 0.717) is 12.8 Å². The molecule has 0 saturated carbocycles. The van der Waals surface area contributed by atoms with Crippen molar-refractivity contribution in [2.45, 2.75) is 12.8 Å². The predicted octanol–water partition coefficient (Wildman–Crippen LogP) is 3.03. The Balaban J connectivity index is 1.50. The number of fused-ring (bicyclic) bond motifs is 1. The molecule has 2 atom stereocenters. The molecule has 2 aliphatic rings. The van der Waals surface area contributed by atoms with E-state index in [4.69, 9.17) is 4.74 Å². The van der Waals surface area contributed by atoms with Crippen LogP contribution < -0.4 is 4.90 Å². The second kappa shape index (κ2) is 8.14. The lowest BCUT2D eigenvalue weighted by Gasteiger charge is -2.16. The summed E-state index contributed by atoms with van der Waals surface area (Å²) in [4.78, 5) is 51.1. The molecule has 0 spiro atoms. The summed E-state index contributed by atoms with van der Waals surface area (Å²) in [7, 11) is 0. The van der Waals surface area contributed by atoms with Crippen molar-refractivity contribution >= 4 is 29.3 Å². The van der Waals surface area contributed by atoms with Crippen molar-refractivity contribution < 1.29 is 33.4 Å². The van der Waals surface area contributed by atoms with Crippen molar-refractivity contribution in [1.82, 2.24) is 0 Å². The van der Waals surface area contributed by atoms with E-state index in [2.05, 4.69) is 0 Å². The van der Waals surface area contributed by atoms with Crippen LogP contribution in [0.2, 0.25) is 0 Å². The standard InChI is InChI=1S/C23H18FNO6/c24-14-7-5-13(6-8-14)20(27)12-31-23(30)18-11-15(9-10-19(18)26)25-21(28)16-3-1-2-4-17(16)22(25)29/h1-2,5-11,16-17,26H,3-4,12H2/t16-,17-/m0/s1.